The van der Waals surface area contributed by atoms with Gasteiger partial charge in [-0.05, 0) is 18.2 Å². The Bertz CT molecular complexity index is 682. The fourth-order valence-electron chi connectivity index (χ4n) is 2.54. The molecule has 1 N–H and O–H groups in total. The van der Waals surface area contributed by atoms with E-state index in [0.717, 1.165) is 30.9 Å². The Labute approximate surface area is 134 Å². The molecule has 118 valence electrons. The molecule has 1 aromatic heterocycles. The summed E-state index contributed by atoms with van der Waals surface area (Å²) in [6, 6.07) is 11.2. The van der Waals surface area contributed by atoms with Crippen LogP contribution in [-0.2, 0) is 4.79 Å². The number of nitrogens with zero attached hydrogens (tertiary/aromatic N) is 3. The van der Waals surface area contributed by atoms with E-state index in [1.54, 1.807) is 17.3 Å². The van der Waals surface area contributed by atoms with Crippen LogP contribution >= 0.6 is 0 Å². The Morgan fingerprint density at radius 1 is 1.09 bits per heavy atom. The molecule has 2 amide bonds. The topological polar surface area (TPSA) is 65.5 Å². The third-order valence-corrected chi connectivity index (χ3v) is 3.85. The van der Waals surface area contributed by atoms with Crippen molar-refractivity contribution in [2.75, 3.05) is 36.4 Å². The van der Waals surface area contributed by atoms with E-state index in [1.165, 1.54) is 0 Å². The second-order valence-electron chi connectivity index (χ2n) is 5.38. The molecule has 3 rings (SSSR count). The number of carbonyl (C=O) groups excluding carboxylic acids is 2. The van der Waals surface area contributed by atoms with E-state index in [0.29, 0.717) is 18.7 Å². The summed E-state index contributed by atoms with van der Waals surface area (Å²) in [4.78, 5) is 31.1. The Balaban J connectivity index is 1.70. The van der Waals surface area contributed by atoms with Gasteiger partial charge in [-0.2, -0.15) is 0 Å². The number of benzene rings is 1. The van der Waals surface area contributed by atoms with Gasteiger partial charge < -0.3 is 15.1 Å². The van der Waals surface area contributed by atoms with Gasteiger partial charge in [0.1, 0.15) is 0 Å². The first kappa shape index (κ1) is 15.0. The molecule has 6 heteroatoms. The van der Waals surface area contributed by atoms with Crippen LogP contribution in [0.5, 0.6) is 0 Å². The molecule has 1 aliphatic rings. The zero-order chi connectivity index (χ0) is 16.1. The quantitative estimate of drug-likeness (QED) is 0.871. The summed E-state index contributed by atoms with van der Waals surface area (Å²) < 4.78 is 0. The van der Waals surface area contributed by atoms with E-state index >= 15 is 0 Å². The zero-order valence-corrected chi connectivity index (χ0v) is 12.7. The molecule has 1 saturated heterocycles. The molecule has 0 saturated carbocycles. The predicted molar refractivity (Wildman–Crippen MR) is 88.5 cm³/mol. The second kappa shape index (κ2) is 6.91. The van der Waals surface area contributed by atoms with Crippen LogP contribution in [0.2, 0.25) is 0 Å². The van der Waals surface area contributed by atoms with Crippen LogP contribution < -0.4 is 10.2 Å². The number of para-hydroxylation sites is 1. The Morgan fingerprint density at radius 2 is 1.83 bits per heavy atom. The minimum absolute atomic E-state index is 0.183. The number of rotatable bonds is 4. The highest BCUT2D eigenvalue weighted by atomic mass is 16.1. The molecule has 0 atom stereocenters. The van der Waals surface area contributed by atoms with E-state index in [1.807, 2.05) is 36.4 Å². The van der Waals surface area contributed by atoms with E-state index in [-0.39, 0.29) is 5.91 Å². The Hall–Kier alpha value is -2.89. The fourth-order valence-corrected chi connectivity index (χ4v) is 2.54. The molecular weight excluding hydrogens is 292 g/mol. The van der Waals surface area contributed by atoms with Gasteiger partial charge in [0, 0.05) is 38.1 Å². The number of hydrogen-bond donors (Lipinski definition) is 1. The van der Waals surface area contributed by atoms with Gasteiger partial charge in [-0.1, -0.05) is 18.2 Å². The average Bonchev–Trinajstić information content (AvgIpc) is 2.63. The van der Waals surface area contributed by atoms with Crippen molar-refractivity contribution in [1.29, 1.82) is 0 Å². The number of amides is 2. The van der Waals surface area contributed by atoms with Gasteiger partial charge in [-0.3, -0.25) is 14.6 Å². The van der Waals surface area contributed by atoms with Crippen LogP contribution in [0.1, 0.15) is 10.4 Å². The maximum absolute atomic E-state index is 12.3. The predicted octanol–water partition coefficient (Wildman–Crippen LogP) is 1.61. The first-order valence-corrected chi connectivity index (χ1v) is 7.52. The fraction of sp³-hybridized carbons (Fsp3) is 0.235. The molecule has 0 bridgehead atoms. The van der Waals surface area contributed by atoms with Crippen LogP contribution in [0.25, 0.3) is 0 Å². The summed E-state index contributed by atoms with van der Waals surface area (Å²) in [5, 5.41) is 2.85. The van der Waals surface area contributed by atoms with Crippen molar-refractivity contribution in [1.82, 2.24) is 9.88 Å². The first-order chi connectivity index (χ1) is 11.3. The maximum Gasteiger partial charge on any atom is 0.257 e. The number of carbonyl (C=O) groups is 2. The number of aromatic nitrogens is 1. The van der Waals surface area contributed by atoms with Crippen molar-refractivity contribution in [3.63, 3.8) is 0 Å². The number of anilines is 2. The molecule has 0 spiro atoms. The maximum atomic E-state index is 12.3. The van der Waals surface area contributed by atoms with Crippen LogP contribution in [0.4, 0.5) is 11.4 Å². The highest BCUT2D eigenvalue weighted by Gasteiger charge is 2.17. The summed E-state index contributed by atoms with van der Waals surface area (Å²) in [6.07, 6.45) is 4.18. The lowest BCUT2D eigenvalue weighted by atomic mass is 10.2. The number of nitrogens with one attached hydrogen (secondary N) is 1. The van der Waals surface area contributed by atoms with E-state index in [9.17, 15) is 9.59 Å². The minimum Gasteiger partial charge on any atom is -0.367 e. The van der Waals surface area contributed by atoms with Crippen LogP contribution in [0, 0.1) is 0 Å². The van der Waals surface area contributed by atoms with Crippen molar-refractivity contribution in [2.45, 2.75) is 0 Å². The molecule has 0 unspecified atom stereocenters. The van der Waals surface area contributed by atoms with Gasteiger partial charge in [-0.15, -0.1) is 0 Å². The van der Waals surface area contributed by atoms with Crippen LogP contribution in [0.3, 0.4) is 0 Å². The van der Waals surface area contributed by atoms with Gasteiger partial charge in [0.05, 0.1) is 17.4 Å². The molecule has 2 heterocycles. The van der Waals surface area contributed by atoms with Gasteiger partial charge in [0.25, 0.3) is 5.91 Å². The monoisotopic (exact) mass is 310 g/mol. The zero-order valence-electron chi connectivity index (χ0n) is 12.7. The van der Waals surface area contributed by atoms with E-state index in [2.05, 4.69) is 15.2 Å². The van der Waals surface area contributed by atoms with Gasteiger partial charge in [0.15, 0.2) is 0 Å². The molecular formula is C17H18N4O2. The van der Waals surface area contributed by atoms with Crippen LogP contribution in [-0.4, -0.2) is 48.4 Å². The Morgan fingerprint density at radius 3 is 2.52 bits per heavy atom. The molecule has 1 aliphatic heterocycles. The SMILES string of the molecule is O=CN1CCN(c2cncc(C(=O)Nc3ccccc3)c2)CC1. The largest absolute Gasteiger partial charge is 0.367 e. The molecule has 6 nitrogen and oxygen atoms in total. The minimum atomic E-state index is -0.183. The highest BCUT2D eigenvalue weighted by Crippen LogP contribution is 2.17. The normalized spacial score (nSPS) is 14.4. The lowest BCUT2D eigenvalue weighted by Gasteiger charge is -2.34. The van der Waals surface area contributed by atoms with E-state index < -0.39 is 0 Å². The third-order valence-electron chi connectivity index (χ3n) is 3.85. The number of pyridine rings is 1. The Kier molecular flexibility index (Phi) is 4.52. The average molecular weight is 310 g/mol. The third kappa shape index (κ3) is 3.66. The standard InChI is InChI=1S/C17H18N4O2/c22-13-20-6-8-21(9-7-20)16-10-14(11-18-12-16)17(23)19-15-4-2-1-3-5-15/h1-5,10-13H,6-9H2,(H,19,23). The number of piperazine rings is 1. The lowest BCUT2D eigenvalue weighted by Crippen LogP contribution is -2.45. The summed E-state index contributed by atoms with van der Waals surface area (Å²) >= 11 is 0. The van der Waals surface area contributed by atoms with Gasteiger partial charge in [0.2, 0.25) is 6.41 Å². The molecule has 23 heavy (non-hydrogen) atoms. The van der Waals surface area contributed by atoms with Crippen molar-refractivity contribution >= 4 is 23.7 Å². The second-order valence-corrected chi connectivity index (χ2v) is 5.38. The first-order valence-electron chi connectivity index (χ1n) is 7.52. The van der Waals surface area contributed by atoms with E-state index in [4.69, 9.17) is 0 Å². The van der Waals surface area contributed by atoms with Crippen molar-refractivity contribution < 1.29 is 9.59 Å². The molecule has 0 aliphatic carbocycles. The lowest BCUT2D eigenvalue weighted by molar-refractivity contribution is -0.118. The summed E-state index contributed by atoms with van der Waals surface area (Å²) in [5.41, 5.74) is 2.17. The van der Waals surface area contributed by atoms with Gasteiger partial charge in [-0.25, -0.2) is 0 Å². The molecule has 0 radical (unpaired) electrons. The molecule has 2 aromatic rings. The summed E-state index contributed by atoms with van der Waals surface area (Å²) in [6.45, 7) is 2.85. The molecule has 1 aromatic carbocycles. The van der Waals surface area contributed by atoms with Gasteiger partial charge >= 0.3 is 0 Å². The molecule has 1 fully saturated rings. The van der Waals surface area contributed by atoms with Crippen molar-refractivity contribution in [3.8, 4) is 0 Å². The number of hydrogen-bond acceptors (Lipinski definition) is 4. The van der Waals surface area contributed by atoms with Crippen molar-refractivity contribution in [2.24, 2.45) is 0 Å². The van der Waals surface area contributed by atoms with Crippen molar-refractivity contribution in [3.05, 3.63) is 54.4 Å². The highest BCUT2D eigenvalue weighted by molar-refractivity contribution is 6.04. The summed E-state index contributed by atoms with van der Waals surface area (Å²) in [5.74, 6) is -0.183. The summed E-state index contributed by atoms with van der Waals surface area (Å²) in [7, 11) is 0. The smallest absolute Gasteiger partial charge is 0.257 e. The van der Waals surface area contributed by atoms with Crippen LogP contribution in [0.15, 0.2) is 48.8 Å².